The highest BCUT2D eigenvalue weighted by atomic mass is 16.5. The van der Waals surface area contributed by atoms with Gasteiger partial charge in [-0.3, -0.25) is 19.7 Å². The lowest BCUT2D eigenvalue weighted by atomic mass is 10.0. The Bertz CT molecular complexity index is 688. The molecule has 5 atom stereocenters. The number of likely N-dealkylation sites (tertiary alicyclic amines) is 1. The number of nitrogens with two attached hydrogens (primary N) is 2. The van der Waals surface area contributed by atoms with Crippen molar-refractivity contribution in [2.24, 2.45) is 29.2 Å². The topological polar surface area (TPSA) is 128 Å². The molecule has 3 amide bonds. The van der Waals surface area contributed by atoms with Gasteiger partial charge in [0.2, 0.25) is 17.7 Å². The van der Waals surface area contributed by atoms with E-state index < -0.39 is 18.0 Å². The van der Waals surface area contributed by atoms with Crippen molar-refractivity contribution in [3.8, 4) is 0 Å². The quantitative estimate of drug-likeness (QED) is 0.225. The molecule has 5 unspecified atom stereocenters. The van der Waals surface area contributed by atoms with Crippen LogP contribution in [0.3, 0.4) is 0 Å². The maximum atomic E-state index is 13.2. The van der Waals surface area contributed by atoms with Crippen molar-refractivity contribution in [2.75, 3.05) is 13.3 Å². The molecule has 0 radical (unpaired) electrons. The van der Waals surface area contributed by atoms with Gasteiger partial charge < -0.3 is 21.1 Å². The third kappa shape index (κ3) is 8.20. The van der Waals surface area contributed by atoms with Crippen LogP contribution in [0.1, 0.15) is 72.6 Å². The Kier molecular flexibility index (Phi) is 9.70. The van der Waals surface area contributed by atoms with Crippen molar-refractivity contribution >= 4 is 17.7 Å². The third-order valence-corrected chi connectivity index (χ3v) is 6.36. The van der Waals surface area contributed by atoms with Gasteiger partial charge in [-0.2, -0.15) is 0 Å². The van der Waals surface area contributed by atoms with Crippen LogP contribution in [-0.2, 0) is 19.1 Å². The van der Waals surface area contributed by atoms with Crippen molar-refractivity contribution in [3.05, 3.63) is 12.2 Å². The van der Waals surface area contributed by atoms with E-state index in [9.17, 15) is 14.4 Å². The van der Waals surface area contributed by atoms with E-state index in [0.717, 1.165) is 38.5 Å². The monoisotopic (exact) mass is 450 g/mol. The lowest BCUT2D eigenvalue weighted by Gasteiger charge is -2.30. The molecule has 182 valence electrons. The summed E-state index contributed by atoms with van der Waals surface area (Å²) >= 11 is 0. The zero-order chi connectivity index (χ0) is 23.9. The van der Waals surface area contributed by atoms with Crippen molar-refractivity contribution in [3.63, 3.8) is 0 Å². The van der Waals surface area contributed by atoms with E-state index in [1.807, 2.05) is 27.7 Å². The number of primary amides is 2. The van der Waals surface area contributed by atoms with Crippen LogP contribution < -0.4 is 16.8 Å². The molecule has 0 aromatic carbocycles. The Balaban J connectivity index is 1.81. The number of hydrogen-bond donors (Lipinski definition) is 3. The molecule has 1 aliphatic heterocycles. The second-order valence-electron chi connectivity index (χ2n) is 10.3. The first kappa shape index (κ1) is 26.3. The number of unbranched alkanes of at least 4 members (excludes halogenated alkanes) is 3. The zero-order valence-electron chi connectivity index (χ0n) is 20.1. The number of nitrogens with zero attached hydrogens (tertiary/aromatic N) is 1. The predicted molar refractivity (Wildman–Crippen MR) is 124 cm³/mol. The molecule has 0 aromatic heterocycles. The summed E-state index contributed by atoms with van der Waals surface area (Å²) in [4.78, 5) is 37.9. The smallest absolute Gasteiger partial charge is 0.240 e. The predicted octanol–water partition coefficient (Wildman–Crippen LogP) is 2.07. The Labute approximate surface area is 192 Å². The number of carbonyl (C=O) groups is 3. The molecule has 2 rings (SSSR count). The van der Waals surface area contributed by atoms with Gasteiger partial charge in [-0.05, 0) is 64.7 Å². The second kappa shape index (κ2) is 11.8. The first-order valence-electron chi connectivity index (χ1n) is 11.9. The number of allylic oxidation sites excluding steroid dienone is 2. The maximum absolute atomic E-state index is 13.2. The Morgan fingerprint density at radius 1 is 1.16 bits per heavy atom. The molecule has 0 bridgehead atoms. The first-order chi connectivity index (χ1) is 15.0. The van der Waals surface area contributed by atoms with E-state index in [-0.39, 0.29) is 36.0 Å². The molecule has 8 nitrogen and oxygen atoms in total. The minimum absolute atomic E-state index is 0.0250. The van der Waals surface area contributed by atoms with Crippen LogP contribution in [0.15, 0.2) is 12.2 Å². The van der Waals surface area contributed by atoms with Crippen LogP contribution in [0.5, 0.6) is 0 Å². The molecule has 5 N–H and O–H groups in total. The van der Waals surface area contributed by atoms with E-state index in [4.69, 9.17) is 16.2 Å². The standard InChI is InChI=1S/C24H42N4O4/c1-16-12-13-28(20(16)22(26)30)23(31)19(27-15-32-24(2,3)4)11-9-7-5-6-8-10-17-14-18(17)21(25)29/h8,10,16-20,27H,5-7,9,11-15H2,1-4H3,(H2,25,29)(H2,26,30). The van der Waals surface area contributed by atoms with E-state index in [1.165, 1.54) is 0 Å². The normalized spacial score (nSPS) is 26.4. The Hall–Kier alpha value is -1.93. The van der Waals surface area contributed by atoms with Crippen molar-refractivity contribution in [2.45, 2.75) is 90.3 Å². The van der Waals surface area contributed by atoms with Gasteiger partial charge in [0.05, 0.1) is 18.4 Å². The number of rotatable bonds is 13. The van der Waals surface area contributed by atoms with E-state index >= 15 is 0 Å². The Morgan fingerprint density at radius 2 is 1.88 bits per heavy atom. The second-order valence-corrected chi connectivity index (χ2v) is 10.3. The molecule has 0 aromatic rings. The third-order valence-electron chi connectivity index (χ3n) is 6.36. The maximum Gasteiger partial charge on any atom is 0.240 e. The molecular formula is C24H42N4O4. The Morgan fingerprint density at radius 3 is 2.47 bits per heavy atom. The summed E-state index contributed by atoms with van der Waals surface area (Å²) in [5.74, 6) is -0.282. The first-order valence-corrected chi connectivity index (χ1v) is 11.9. The minimum atomic E-state index is -0.535. The molecular weight excluding hydrogens is 408 g/mol. The van der Waals surface area contributed by atoms with Gasteiger partial charge in [0.1, 0.15) is 6.04 Å². The van der Waals surface area contributed by atoms with Gasteiger partial charge in [-0.1, -0.05) is 31.9 Å². The number of amides is 3. The molecule has 1 heterocycles. The number of hydrogen-bond acceptors (Lipinski definition) is 5. The average molecular weight is 451 g/mol. The van der Waals surface area contributed by atoms with Crippen LogP contribution in [0.2, 0.25) is 0 Å². The fraction of sp³-hybridized carbons (Fsp3) is 0.792. The van der Waals surface area contributed by atoms with Crippen LogP contribution in [0.4, 0.5) is 0 Å². The molecule has 1 aliphatic carbocycles. The van der Waals surface area contributed by atoms with Gasteiger partial charge in [0, 0.05) is 12.5 Å². The van der Waals surface area contributed by atoms with E-state index in [0.29, 0.717) is 18.9 Å². The molecule has 8 heteroatoms. The van der Waals surface area contributed by atoms with Gasteiger partial charge in [-0.15, -0.1) is 0 Å². The number of nitrogens with one attached hydrogen (secondary N) is 1. The fourth-order valence-corrected chi connectivity index (χ4v) is 4.31. The molecule has 0 spiro atoms. The zero-order valence-corrected chi connectivity index (χ0v) is 20.1. The van der Waals surface area contributed by atoms with E-state index in [1.54, 1.807) is 4.90 Å². The number of ether oxygens (including phenoxy) is 1. The van der Waals surface area contributed by atoms with Crippen molar-refractivity contribution < 1.29 is 19.1 Å². The highest BCUT2D eigenvalue weighted by Crippen LogP contribution is 2.39. The average Bonchev–Trinajstić information content (AvgIpc) is 3.37. The summed E-state index contributed by atoms with van der Waals surface area (Å²) in [7, 11) is 0. The largest absolute Gasteiger partial charge is 0.369 e. The van der Waals surface area contributed by atoms with Crippen LogP contribution >= 0.6 is 0 Å². The molecule has 1 saturated carbocycles. The van der Waals surface area contributed by atoms with Crippen LogP contribution in [0, 0.1) is 17.8 Å². The van der Waals surface area contributed by atoms with E-state index in [2.05, 4.69) is 17.5 Å². The van der Waals surface area contributed by atoms with Crippen molar-refractivity contribution in [1.29, 1.82) is 0 Å². The summed E-state index contributed by atoms with van der Waals surface area (Å²) in [6.07, 6.45) is 10.4. The van der Waals surface area contributed by atoms with Crippen LogP contribution in [0.25, 0.3) is 0 Å². The lowest BCUT2D eigenvalue weighted by Crippen LogP contribution is -2.53. The molecule has 2 aliphatic rings. The number of carbonyl (C=O) groups excluding carboxylic acids is 3. The highest BCUT2D eigenvalue weighted by Gasteiger charge is 2.40. The molecule has 2 fully saturated rings. The summed E-state index contributed by atoms with van der Waals surface area (Å²) in [5, 5.41) is 3.24. The van der Waals surface area contributed by atoms with Gasteiger partial charge in [0.15, 0.2) is 0 Å². The van der Waals surface area contributed by atoms with Gasteiger partial charge >= 0.3 is 0 Å². The lowest BCUT2D eigenvalue weighted by molar-refractivity contribution is -0.140. The summed E-state index contributed by atoms with van der Waals surface area (Å²) in [5.41, 5.74) is 10.6. The summed E-state index contributed by atoms with van der Waals surface area (Å²) < 4.78 is 5.77. The van der Waals surface area contributed by atoms with Gasteiger partial charge in [-0.25, -0.2) is 0 Å². The summed E-state index contributed by atoms with van der Waals surface area (Å²) in [6.45, 7) is 8.71. The summed E-state index contributed by atoms with van der Waals surface area (Å²) in [6, 6.07) is -0.935. The minimum Gasteiger partial charge on any atom is -0.369 e. The highest BCUT2D eigenvalue weighted by molar-refractivity contribution is 5.89. The molecule has 1 saturated heterocycles. The van der Waals surface area contributed by atoms with Crippen LogP contribution in [-0.4, -0.2) is 53.6 Å². The van der Waals surface area contributed by atoms with Crippen molar-refractivity contribution in [1.82, 2.24) is 10.2 Å². The SMILES string of the molecule is CC1CCN(C(=O)C(CCCCCC=CC2CC2C(N)=O)NCOC(C)(C)C)C1C(N)=O. The van der Waals surface area contributed by atoms with Gasteiger partial charge in [0.25, 0.3) is 0 Å². The fourth-order valence-electron chi connectivity index (χ4n) is 4.31. The molecule has 32 heavy (non-hydrogen) atoms.